The highest BCUT2D eigenvalue weighted by atomic mass is 31.2. The second kappa shape index (κ2) is 9.92. The Kier molecular flexibility index (Phi) is 6.19. The quantitative estimate of drug-likeness (QED) is 0.220. The predicted octanol–water partition coefficient (Wildman–Crippen LogP) is 9.99. The molecule has 41 heavy (non-hydrogen) atoms. The number of phosphoric ester groups is 1. The lowest BCUT2D eigenvalue weighted by molar-refractivity contribution is 0.295. The number of hydrogen-bond donors (Lipinski definition) is 1. The molecule has 0 unspecified atom stereocenters. The van der Waals surface area contributed by atoms with Crippen LogP contribution in [-0.4, -0.2) is 4.89 Å². The summed E-state index contributed by atoms with van der Waals surface area (Å²) in [5, 5.41) is 3.87. The lowest BCUT2D eigenvalue weighted by atomic mass is 9.86. The van der Waals surface area contributed by atoms with Gasteiger partial charge in [-0.25, -0.2) is 4.57 Å². The van der Waals surface area contributed by atoms with Crippen LogP contribution in [0.15, 0.2) is 109 Å². The molecule has 0 aliphatic carbocycles. The molecule has 6 aromatic rings. The maximum Gasteiger partial charge on any atom is 0.584 e. The minimum Gasteiger partial charge on any atom is -0.394 e. The Morgan fingerprint density at radius 2 is 1.02 bits per heavy atom. The molecular weight excluding hydrogens is 527 g/mol. The van der Waals surface area contributed by atoms with Crippen molar-refractivity contribution in [2.45, 2.75) is 26.7 Å². The van der Waals surface area contributed by atoms with Crippen molar-refractivity contribution in [3.8, 4) is 44.9 Å². The zero-order chi connectivity index (χ0) is 28.1. The van der Waals surface area contributed by atoms with Crippen molar-refractivity contribution >= 4 is 29.4 Å². The maximum atomic E-state index is 13.8. The van der Waals surface area contributed by atoms with E-state index < -0.39 is 7.82 Å². The highest BCUT2D eigenvalue weighted by Gasteiger charge is 2.37. The minimum atomic E-state index is -4.58. The fraction of sp³-hybridized carbons (Fsp3) is 0.111. The van der Waals surface area contributed by atoms with Gasteiger partial charge in [0.15, 0.2) is 0 Å². The van der Waals surface area contributed by atoms with E-state index in [0.717, 1.165) is 67.8 Å². The van der Waals surface area contributed by atoms with Crippen molar-refractivity contribution in [3.63, 3.8) is 0 Å². The first kappa shape index (κ1) is 25.6. The highest BCUT2D eigenvalue weighted by Crippen LogP contribution is 2.61. The van der Waals surface area contributed by atoms with Gasteiger partial charge >= 0.3 is 7.82 Å². The normalized spacial score (nSPS) is 13.6. The van der Waals surface area contributed by atoms with E-state index in [2.05, 4.69) is 50.2 Å². The Labute approximate surface area is 239 Å². The van der Waals surface area contributed by atoms with E-state index >= 15 is 0 Å². The molecule has 1 aliphatic rings. The van der Waals surface area contributed by atoms with Crippen molar-refractivity contribution in [3.05, 3.63) is 120 Å². The van der Waals surface area contributed by atoms with Crippen LogP contribution in [-0.2, 0) is 17.4 Å². The third-order valence-electron chi connectivity index (χ3n) is 7.96. The van der Waals surface area contributed by atoms with Crippen molar-refractivity contribution in [2.75, 3.05) is 0 Å². The number of phosphoric acid groups is 1. The van der Waals surface area contributed by atoms with E-state index in [-0.39, 0.29) is 0 Å². The van der Waals surface area contributed by atoms with Crippen LogP contribution in [0.2, 0.25) is 0 Å². The smallest absolute Gasteiger partial charge is 0.394 e. The van der Waals surface area contributed by atoms with Gasteiger partial charge in [0, 0.05) is 22.3 Å². The molecule has 4 nitrogen and oxygen atoms in total. The molecule has 7 rings (SSSR count). The molecule has 0 spiro atoms. The second-order valence-electron chi connectivity index (χ2n) is 10.5. The van der Waals surface area contributed by atoms with Crippen molar-refractivity contribution in [2.24, 2.45) is 0 Å². The van der Waals surface area contributed by atoms with Crippen LogP contribution in [0, 0.1) is 0 Å². The van der Waals surface area contributed by atoms with Crippen molar-refractivity contribution < 1.29 is 18.5 Å². The molecule has 202 valence electrons. The molecule has 1 heterocycles. The summed E-state index contributed by atoms with van der Waals surface area (Å²) < 4.78 is 25.9. The first-order chi connectivity index (χ1) is 20.0. The van der Waals surface area contributed by atoms with Crippen LogP contribution in [0.5, 0.6) is 11.5 Å². The SMILES string of the molecule is CCc1cccc(-c2cc3ccccc3c3c2OP(=O)(O)Oc2c(-c4cccc(CC)c4)cc4ccccc4c2-3)c1. The summed E-state index contributed by atoms with van der Waals surface area (Å²) in [5.41, 5.74) is 7.20. The highest BCUT2D eigenvalue weighted by molar-refractivity contribution is 7.48. The third kappa shape index (κ3) is 4.41. The Hall–Kier alpha value is -4.37. The molecule has 6 aromatic carbocycles. The summed E-state index contributed by atoms with van der Waals surface area (Å²) in [5.74, 6) is 0.706. The summed E-state index contributed by atoms with van der Waals surface area (Å²) in [4.78, 5) is 11.2. The fourth-order valence-electron chi connectivity index (χ4n) is 5.94. The molecule has 0 amide bonds. The lowest BCUT2D eigenvalue weighted by Crippen LogP contribution is -2.00. The summed E-state index contributed by atoms with van der Waals surface area (Å²) in [6.45, 7) is 4.23. The standard InChI is InChI=1S/C36H29O4P/c1-3-23-11-9-15-25(19-23)31-21-27-13-5-7-17-29(27)33-34-30-18-8-6-14-28(30)22-32(26-16-10-12-24(4-2)20-26)36(34)40-41(37,38)39-35(31)33/h5-22H,3-4H2,1-2H3,(H,37,38). The van der Waals surface area contributed by atoms with Crippen LogP contribution in [0.1, 0.15) is 25.0 Å². The van der Waals surface area contributed by atoms with Crippen LogP contribution in [0.3, 0.4) is 0 Å². The van der Waals surface area contributed by atoms with Gasteiger partial charge in [-0.2, -0.15) is 0 Å². The molecule has 0 atom stereocenters. The van der Waals surface area contributed by atoms with Crippen molar-refractivity contribution in [1.82, 2.24) is 0 Å². The third-order valence-corrected chi connectivity index (χ3v) is 8.79. The molecule has 1 aliphatic heterocycles. The van der Waals surface area contributed by atoms with E-state index in [1.807, 2.05) is 72.8 Å². The molecule has 0 saturated carbocycles. The topological polar surface area (TPSA) is 55.8 Å². The van der Waals surface area contributed by atoms with Gasteiger partial charge in [-0.15, -0.1) is 0 Å². The van der Waals surface area contributed by atoms with Gasteiger partial charge in [0.25, 0.3) is 0 Å². The molecule has 0 saturated heterocycles. The Morgan fingerprint density at radius 1 is 0.585 bits per heavy atom. The number of rotatable bonds is 4. The van der Waals surface area contributed by atoms with Gasteiger partial charge in [0.2, 0.25) is 0 Å². The first-order valence-electron chi connectivity index (χ1n) is 14.0. The first-order valence-corrected chi connectivity index (χ1v) is 15.5. The van der Waals surface area contributed by atoms with Gasteiger partial charge in [-0.1, -0.05) is 111 Å². The fourth-order valence-corrected chi connectivity index (χ4v) is 6.82. The second-order valence-corrected chi connectivity index (χ2v) is 11.8. The van der Waals surface area contributed by atoms with E-state index in [1.54, 1.807) is 0 Å². The number of aryl methyl sites for hydroxylation is 2. The average molecular weight is 557 g/mol. The van der Waals surface area contributed by atoms with Crippen LogP contribution >= 0.6 is 7.82 Å². The zero-order valence-corrected chi connectivity index (χ0v) is 23.8. The van der Waals surface area contributed by atoms with Crippen LogP contribution in [0.25, 0.3) is 54.9 Å². The molecule has 1 N–H and O–H groups in total. The molecule has 0 aromatic heterocycles. The van der Waals surface area contributed by atoms with E-state index in [1.165, 1.54) is 11.1 Å². The average Bonchev–Trinajstić information content (AvgIpc) is 3.13. The van der Waals surface area contributed by atoms with Gasteiger partial charge < -0.3 is 9.05 Å². The molecule has 0 fully saturated rings. The number of fused-ring (bicyclic) bond motifs is 7. The number of benzene rings is 6. The van der Waals surface area contributed by atoms with Gasteiger partial charge in [0.05, 0.1) is 0 Å². The van der Waals surface area contributed by atoms with E-state index in [4.69, 9.17) is 9.05 Å². The monoisotopic (exact) mass is 556 g/mol. The van der Waals surface area contributed by atoms with Crippen molar-refractivity contribution in [1.29, 1.82) is 0 Å². The summed E-state index contributed by atoms with van der Waals surface area (Å²) in [6.07, 6.45) is 1.75. The summed E-state index contributed by atoms with van der Waals surface area (Å²) in [7, 11) is -4.58. The van der Waals surface area contributed by atoms with E-state index in [9.17, 15) is 9.46 Å². The lowest BCUT2D eigenvalue weighted by Gasteiger charge is -2.19. The molecule has 5 heteroatoms. The zero-order valence-electron chi connectivity index (χ0n) is 22.9. The van der Waals surface area contributed by atoms with Gasteiger partial charge in [0.1, 0.15) is 11.5 Å². The number of hydrogen-bond acceptors (Lipinski definition) is 3. The summed E-state index contributed by atoms with van der Waals surface area (Å²) in [6, 6.07) is 36.8. The molecule has 0 bridgehead atoms. The minimum absolute atomic E-state index is 0.353. The van der Waals surface area contributed by atoms with Crippen LogP contribution < -0.4 is 9.05 Å². The van der Waals surface area contributed by atoms with Crippen LogP contribution in [0.4, 0.5) is 0 Å². The largest absolute Gasteiger partial charge is 0.584 e. The van der Waals surface area contributed by atoms with Gasteiger partial charge in [-0.05, 0) is 68.8 Å². The maximum absolute atomic E-state index is 13.8. The van der Waals surface area contributed by atoms with E-state index in [0.29, 0.717) is 11.5 Å². The van der Waals surface area contributed by atoms with Gasteiger partial charge in [-0.3, -0.25) is 4.89 Å². The summed E-state index contributed by atoms with van der Waals surface area (Å²) >= 11 is 0. The Bertz CT molecular complexity index is 1880. The Balaban J connectivity index is 1.68. The Morgan fingerprint density at radius 3 is 1.46 bits per heavy atom. The predicted molar refractivity (Wildman–Crippen MR) is 168 cm³/mol. The molecular formula is C36H29O4P. The molecule has 0 radical (unpaired) electrons.